The fraction of sp³-hybridized carbons (Fsp3) is 0.800. The van der Waals surface area contributed by atoms with Crippen molar-refractivity contribution in [2.24, 2.45) is 0 Å². The molecule has 6 heteroatoms. The Morgan fingerprint density at radius 1 is 1.12 bits per heavy atom. The van der Waals surface area contributed by atoms with E-state index in [4.69, 9.17) is 9.31 Å². The van der Waals surface area contributed by atoms with Gasteiger partial charge in [-0.15, -0.1) is 6.58 Å². The first kappa shape index (κ1) is 13.6. The molecule has 1 fully saturated rings. The lowest BCUT2D eigenvalue weighted by atomic mass is 9.77. The standard InChI is InChI=1S/C10H16BF3O2/c1-7(6-10(12,13)14)11-15-8(2,3)9(4,5)16-11/h1,6H2,2-5H3. The van der Waals surface area contributed by atoms with Gasteiger partial charge in [-0.25, -0.2) is 0 Å². The third kappa shape index (κ3) is 2.80. The largest absolute Gasteiger partial charge is 0.490 e. The highest BCUT2D eigenvalue weighted by Crippen LogP contribution is 2.39. The van der Waals surface area contributed by atoms with Gasteiger partial charge < -0.3 is 9.31 Å². The predicted molar refractivity (Wildman–Crippen MR) is 55.9 cm³/mol. The summed E-state index contributed by atoms with van der Waals surface area (Å²) in [5.74, 6) is 0. The van der Waals surface area contributed by atoms with Gasteiger partial charge in [-0.1, -0.05) is 0 Å². The first-order valence-corrected chi connectivity index (χ1v) is 5.05. The zero-order valence-electron chi connectivity index (χ0n) is 9.94. The van der Waals surface area contributed by atoms with Gasteiger partial charge in [0.25, 0.3) is 0 Å². The van der Waals surface area contributed by atoms with Crippen LogP contribution in [-0.2, 0) is 9.31 Å². The zero-order chi connectivity index (χ0) is 12.8. The van der Waals surface area contributed by atoms with E-state index in [1.807, 2.05) is 0 Å². The molecule has 0 amide bonds. The Hall–Kier alpha value is -0.485. The van der Waals surface area contributed by atoms with Crippen molar-refractivity contribution >= 4 is 7.12 Å². The number of alkyl halides is 3. The summed E-state index contributed by atoms with van der Waals surface area (Å²) < 4.78 is 47.4. The minimum atomic E-state index is -4.28. The van der Waals surface area contributed by atoms with Crippen LogP contribution < -0.4 is 0 Å². The number of hydrogen-bond acceptors (Lipinski definition) is 2. The zero-order valence-corrected chi connectivity index (χ0v) is 9.94. The average Bonchev–Trinajstić information content (AvgIpc) is 2.17. The smallest absolute Gasteiger partial charge is 0.400 e. The third-order valence-corrected chi connectivity index (χ3v) is 3.01. The normalized spacial score (nSPS) is 23.6. The Morgan fingerprint density at radius 2 is 1.50 bits per heavy atom. The lowest BCUT2D eigenvalue weighted by Crippen LogP contribution is -2.41. The second-order valence-corrected chi connectivity index (χ2v) is 5.04. The Bertz CT molecular complexity index is 281. The summed E-state index contributed by atoms with van der Waals surface area (Å²) in [6.07, 6.45) is -5.36. The van der Waals surface area contributed by atoms with E-state index in [-0.39, 0.29) is 5.47 Å². The summed E-state index contributed by atoms with van der Waals surface area (Å²) in [5, 5.41) is 0. The summed E-state index contributed by atoms with van der Waals surface area (Å²) in [5.41, 5.74) is -1.36. The van der Waals surface area contributed by atoms with Crippen LogP contribution in [0, 0.1) is 0 Å². The molecule has 0 radical (unpaired) electrons. The molecule has 0 spiro atoms. The summed E-state index contributed by atoms with van der Waals surface area (Å²) in [6, 6.07) is 0. The van der Waals surface area contributed by atoms with Crippen molar-refractivity contribution in [1.82, 2.24) is 0 Å². The van der Waals surface area contributed by atoms with Gasteiger partial charge >= 0.3 is 13.3 Å². The molecule has 1 aliphatic rings. The fourth-order valence-corrected chi connectivity index (χ4v) is 1.35. The van der Waals surface area contributed by atoms with E-state index in [9.17, 15) is 13.2 Å². The Labute approximate surface area is 93.9 Å². The van der Waals surface area contributed by atoms with Crippen LogP contribution in [0.15, 0.2) is 12.1 Å². The average molecular weight is 236 g/mol. The van der Waals surface area contributed by atoms with Crippen molar-refractivity contribution in [3.05, 3.63) is 12.1 Å². The van der Waals surface area contributed by atoms with Crippen LogP contribution in [-0.4, -0.2) is 24.5 Å². The summed E-state index contributed by atoms with van der Waals surface area (Å²) in [4.78, 5) is 0. The topological polar surface area (TPSA) is 18.5 Å². The number of allylic oxidation sites excluding steroid dienone is 1. The van der Waals surface area contributed by atoms with Gasteiger partial charge in [0, 0.05) is 0 Å². The van der Waals surface area contributed by atoms with E-state index in [1.165, 1.54) is 0 Å². The molecule has 0 saturated carbocycles. The van der Waals surface area contributed by atoms with Crippen molar-refractivity contribution in [2.75, 3.05) is 0 Å². The minimum Gasteiger partial charge on any atom is -0.400 e. The second-order valence-electron chi connectivity index (χ2n) is 5.04. The van der Waals surface area contributed by atoms with Crippen molar-refractivity contribution in [3.63, 3.8) is 0 Å². The van der Waals surface area contributed by atoms with E-state index >= 15 is 0 Å². The monoisotopic (exact) mass is 236 g/mol. The van der Waals surface area contributed by atoms with E-state index < -0.39 is 30.9 Å². The van der Waals surface area contributed by atoms with E-state index in [1.54, 1.807) is 27.7 Å². The molecular weight excluding hydrogens is 220 g/mol. The van der Waals surface area contributed by atoms with Crippen LogP contribution in [0.2, 0.25) is 0 Å². The van der Waals surface area contributed by atoms with Gasteiger partial charge in [-0.2, -0.15) is 13.2 Å². The van der Waals surface area contributed by atoms with Gasteiger partial charge in [0.05, 0.1) is 17.6 Å². The van der Waals surface area contributed by atoms with Gasteiger partial charge in [0.1, 0.15) is 0 Å². The molecule has 0 aliphatic carbocycles. The van der Waals surface area contributed by atoms with Crippen molar-refractivity contribution in [1.29, 1.82) is 0 Å². The summed E-state index contributed by atoms with van der Waals surface area (Å²) in [7, 11) is -0.980. The quantitative estimate of drug-likeness (QED) is 0.685. The maximum atomic E-state index is 12.2. The van der Waals surface area contributed by atoms with Gasteiger partial charge in [0.2, 0.25) is 0 Å². The predicted octanol–water partition coefficient (Wildman–Crippen LogP) is 3.13. The third-order valence-electron chi connectivity index (χ3n) is 3.01. The maximum absolute atomic E-state index is 12.2. The first-order chi connectivity index (χ1) is 6.95. The second kappa shape index (κ2) is 3.77. The lowest BCUT2D eigenvalue weighted by molar-refractivity contribution is -0.126. The van der Waals surface area contributed by atoms with Crippen molar-refractivity contribution < 1.29 is 22.5 Å². The summed E-state index contributed by atoms with van der Waals surface area (Å²) in [6.45, 7) is 10.5. The molecule has 1 rings (SSSR count). The number of halogens is 3. The number of rotatable bonds is 2. The molecule has 0 aromatic rings. The van der Waals surface area contributed by atoms with Crippen LogP contribution >= 0.6 is 0 Å². The van der Waals surface area contributed by atoms with Crippen LogP contribution in [0.3, 0.4) is 0 Å². The Kier molecular flexibility index (Phi) is 3.20. The van der Waals surface area contributed by atoms with Crippen LogP contribution in [0.1, 0.15) is 34.1 Å². The number of hydrogen-bond donors (Lipinski definition) is 0. The molecule has 92 valence electrons. The molecule has 1 heterocycles. The first-order valence-electron chi connectivity index (χ1n) is 5.05. The van der Waals surface area contributed by atoms with Crippen molar-refractivity contribution in [3.8, 4) is 0 Å². The molecule has 0 aromatic heterocycles. The van der Waals surface area contributed by atoms with E-state index in [2.05, 4.69) is 6.58 Å². The van der Waals surface area contributed by atoms with Crippen LogP contribution in [0.25, 0.3) is 0 Å². The molecule has 16 heavy (non-hydrogen) atoms. The molecule has 0 aromatic carbocycles. The van der Waals surface area contributed by atoms with Gasteiger partial charge in [-0.05, 0) is 33.2 Å². The van der Waals surface area contributed by atoms with E-state index in [0.717, 1.165) is 0 Å². The molecule has 0 atom stereocenters. The van der Waals surface area contributed by atoms with Gasteiger partial charge in [-0.3, -0.25) is 0 Å². The molecule has 1 saturated heterocycles. The molecular formula is C10H16BF3O2. The van der Waals surface area contributed by atoms with Gasteiger partial charge in [0.15, 0.2) is 0 Å². The van der Waals surface area contributed by atoms with Crippen LogP contribution in [0.4, 0.5) is 13.2 Å². The van der Waals surface area contributed by atoms with Crippen LogP contribution in [0.5, 0.6) is 0 Å². The lowest BCUT2D eigenvalue weighted by Gasteiger charge is -2.32. The molecule has 2 nitrogen and oxygen atoms in total. The van der Waals surface area contributed by atoms with E-state index in [0.29, 0.717) is 0 Å². The highest BCUT2D eigenvalue weighted by atomic mass is 19.4. The highest BCUT2D eigenvalue weighted by Gasteiger charge is 2.53. The molecule has 1 aliphatic heterocycles. The highest BCUT2D eigenvalue weighted by molar-refractivity contribution is 6.54. The fourth-order valence-electron chi connectivity index (χ4n) is 1.35. The maximum Gasteiger partial charge on any atom is 0.490 e. The Balaban J connectivity index is 2.70. The summed E-state index contributed by atoms with van der Waals surface area (Å²) >= 11 is 0. The molecule has 0 bridgehead atoms. The molecule has 0 unspecified atom stereocenters. The molecule has 0 N–H and O–H groups in total. The Morgan fingerprint density at radius 3 is 1.81 bits per heavy atom. The SMILES string of the molecule is C=C(CC(F)(F)F)B1OC(C)(C)C(C)(C)O1. The minimum absolute atomic E-state index is 0.0915. The van der Waals surface area contributed by atoms with Crippen molar-refractivity contribution in [2.45, 2.75) is 51.5 Å².